The fourth-order valence-corrected chi connectivity index (χ4v) is 2.02. The third-order valence-corrected chi connectivity index (χ3v) is 3.46. The van der Waals surface area contributed by atoms with Gasteiger partial charge in [0.15, 0.2) is 0 Å². The molecule has 0 spiro atoms. The van der Waals surface area contributed by atoms with Crippen molar-refractivity contribution in [2.45, 2.75) is 6.92 Å². The van der Waals surface area contributed by atoms with Crippen molar-refractivity contribution >= 4 is 34.6 Å². The first-order chi connectivity index (χ1) is 10.5. The van der Waals surface area contributed by atoms with Gasteiger partial charge in [-0.1, -0.05) is 23.7 Å². The summed E-state index contributed by atoms with van der Waals surface area (Å²) in [6.07, 6.45) is 0. The number of halogens is 1. The Bertz CT molecular complexity index is 719. The van der Waals surface area contributed by atoms with Crippen LogP contribution in [0.25, 0.3) is 0 Å². The first-order valence-corrected chi connectivity index (χ1v) is 6.88. The quantitative estimate of drug-likeness (QED) is 0.651. The Kier molecular flexibility index (Phi) is 4.95. The number of nitro benzene ring substituents is 1. The van der Waals surface area contributed by atoms with Crippen LogP contribution in [0, 0.1) is 17.0 Å². The van der Waals surface area contributed by atoms with Gasteiger partial charge in [0.25, 0.3) is 5.69 Å². The van der Waals surface area contributed by atoms with E-state index in [0.29, 0.717) is 16.4 Å². The largest absolute Gasteiger partial charge is 0.376 e. The second kappa shape index (κ2) is 6.91. The number of nitrogens with one attached hydrogen (secondary N) is 2. The highest BCUT2D eigenvalue weighted by molar-refractivity contribution is 6.31. The van der Waals surface area contributed by atoms with Gasteiger partial charge < -0.3 is 10.6 Å². The molecular formula is C15H14ClN3O3. The van der Waals surface area contributed by atoms with E-state index in [0.717, 1.165) is 5.56 Å². The Balaban J connectivity index is 1.97. The molecule has 0 saturated heterocycles. The summed E-state index contributed by atoms with van der Waals surface area (Å²) >= 11 is 5.99. The average Bonchev–Trinajstić information content (AvgIpc) is 2.50. The Morgan fingerprint density at radius 2 is 2.00 bits per heavy atom. The lowest BCUT2D eigenvalue weighted by Gasteiger charge is -2.10. The van der Waals surface area contributed by atoms with Crippen LogP contribution in [0.15, 0.2) is 42.5 Å². The molecule has 0 heterocycles. The van der Waals surface area contributed by atoms with Gasteiger partial charge in [0.05, 0.1) is 11.5 Å². The third kappa shape index (κ3) is 3.95. The molecule has 0 fully saturated rings. The predicted molar refractivity (Wildman–Crippen MR) is 86.4 cm³/mol. The van der Waals surface area contributed by atoms with Crippen LogP contribution in [-0.4, -0.2) is 17.4 Å². The van der Waals surface area contributed by atoms with Crippen LogP contribution in [-0.2, 0) is 4.79 Å². The molecule has 2 rings (SSSR count). The SMILES string of the molecule is Cc1c(Cl)cccc1NC(=O)CNc1cccc([N+](=O)[O-])c1. The van der Waals surface area contributed by atoms with Gasteiger partial charge in [0.2, 0.25) is 5.91 Å². The van der Waals surface area contributed by atoms with Gasteiger partial charge in [-0.3, -0.25) is 14.9 Å². The topological polar surface area (TPSA) is 84.3 Å². The Morgan fingerprint density at radius 3 is 2.73 bits per heavy atom. The minimum absolute atomic E-state index is 0.00682. The summed E-state index contributed by atoms with van der Waals surface area (Å²) < 4.78 is 0. The van der Waals surface area contributed by atoms with Crippen LogP contribution in [0.3, 0.4) is 0 Å². The lowest BCUT2D eigenvalue weighted by atomic mass is 10.2. The van der Waals surface area contributed by atoms with E-state index < -0.39 is 4.92 Å². The lowest BCUT2D eigenvalue weighted by Crippen LogP contribution is -2.22. The van der Waals surface area contributed by atoms with Crippen LogP contribution in [0.2, 0.25) is 5.02 Å². The monoisotopic (exact) mass is 319 g/mol. The second-order valence-electron chi connectivity index (χ2n) is 4.62. The summed E-state index contributed by atoms with van der Waals surface area (Å²) in [5.41, 5.74) is 1.90. The van der Waals surface area contributed by atoms with Crippen molar-refractivity contribution in [3.8, 4) is 0 Å². The number of hydrogen-bond donors (Lipinski definition) is 2. The van der Waals surface area contributed by atoms with Crippen molar-refractivity contribution in [1.82, 2.24) is 0 Å². The Morgan fingerprint density at radius 1 is 1.27 bits per heavy atom. The maximum atomic E-state index is 11.9. The van der Waals surface area contributed by atoms with Crippen molar-refractivity contribution < 1.29 is 9.72 Å². The molecule has 114 valence electrons. The van der Waals surface area contributed by atoms with E-state index in [2.05, 4.69) is 10.6 Å². The summed E-state index contributed by atoms with van der Waals surface area (Å²) in [7, 11) is 0. The molecule has 1 amide bonds. The number of carbonyl (C=O) groups is 1. The molecule has 0 radical (unpaired) electrons. The van der Waals surface area contributed by atoms with E-state index in [4.69, 9.17) is 11.6 Å². The molecule has 22 heavy (non-hydrogen) atoms. The molecule has 0 bridgehead atoms. The zero-order chi connectivity index (χ0) is 16.1. The number of nitro groups is 1. The molecule has 2 aromatic carbocycles. The van der Waals surface area contributed by atoms with Gasteiger partial charge in [0.1, 0.15) is 0 Å². The normalized spacial score (nSPS) is 10.1. The van der Waals surface area contributed by atoms with Gasteiger partial charge in [0, 0.05) is 28.5 Å². The molecule has 2 N–H and O–H groups in total. The van der Waals surface area contributed by atoms with E-state index in [1.54, 1.807) is 30.3 Å². The van der Waals surface area contributed by atoms with Crippen LogP contribution in [0.4, 0.5) is 17.1 Å². The molecule has 0 aromatic heterocycles. The summed E-state index contributed by atoms with van der Waals surface area (Å²) in [6.45, 7) is 1.80. The van der Waals surface area contributed by atoms with Gasteiger partial charge in [-0.05, 0) is 30.7 Å². The molecular weight excluding hydrogens is 306 g/mol. The van der Waals surface area contributed by atoms with E-state index in [-0.39, 0.29) is 18.1 Å². The van der Waals surface area contributed by atoms with Crippen LogP contribution in [0.5, 0.6) is 0 Å². The van der Waals surface area contributed by atoms with E-state index in [1.165, 1.54) is 12.1 Å². The first kappa shape index (κ1) is 15.8. The zero-order valence-electron chi connectivity index (χ0n) is 11.8. The van der Waals surface area contributed by atoms with Gasteiger partial charge >= 0.3 is 0 Å². The summed E-state index contributed by atoms with van der Waals surface area (Å²) in [5.74, 6) is -0.267. The fraction of sp³-hybridized carbons (Fsp3) is 0.133. The highest BCUT2D eigenvalue weighted by Gasteiger charge is 2.08. The summed E-state index contributed by atoms with van der Waals surface area (Å²) in [4.78, 5) is 22.1. The summed E-state index contributed by atoms with van der Waals surface area (Å²) in [5, 5.41) is 16.8. The van der Waals surface area contributed by atoms with Crippen molar-refractivity contribution in [2.24, 2.45) is 0 Å². The second-order valence-corrected chi connectivity index (χ2v) is 5.03. The highest BCUT2D eigenvalue weighted by atomic mass is 35.5. The average molecular weight is 320 g/mol. The van der Waals surface area contributed by atoms with Gasteiger partial charge in [-0.2, -0.15) is 0 Å². The molecule has 0 aliphatic heterocycles. The number of nitrogens with zero attached hydrogens (tertiary/aromatic N) is 1. The number of anilines is 2. The zero-order valence-corrected chi connectivity index (χ0v) is 12.6. The molecule has 0 saturated carbocycles. The molecule has 0 aliphatic carbocycles. The lowest BCUT2D eigenvalue weighted by molar-refractivity contribution is -0.384. The number of benzene rings is 2. The molecule has 0 atom stereocenters. The van der Waals surface area contributed by atoms with E-state index >= 15 is 0 Å². The molecule has 7 heteroatoms. The number of rotatable bonds is 5. The smallest absolute Gasteiger partial charge is 0.271 e. The molecule has 2 aromatic rings. The first-order valence-electron chi connectivity index (χ1n) is 6.50. The summed E-state index contributed by atoms with van der Waals surface area (Å²) in [6, 6.07) is 11.2. The maximum absolute atomic E-state index is 11.9. The Hall–Kier alpha value is -2.60. The molecule has 0 unspecified atom stereocenters. The van der Waals surface area contributed by atoms with Crippen molar-refractivity contribution in [1.29, 1.82) is 0 Å². The molecule has 6 nitrogen and oxygen atoms in total. The fourth-order valence-electron chi connectivity index (χ4n) is 1.85. The van der Waals surface area contributed by atoms with Gasteiger partial charge in [-0.15, -0.1) is 0 Å². The van der Waals surface area contributed by atoms with Crippen molar-refractivity contribution in [3.63, 3.8) is 0 Å². The minimum atomic E-state index is -0.486. The molecule has 0 aliphatic rings. The van der Waals surface area contributed by atoms with E-state index in [9.17, 15) is 14.9 Å². The van der Waals surface area contributed by atoms with Crippen LogP contribution < -0.4 is 10.6 Å². The highest BCUT2D eigenvalue weighted by Crippen LogP contribution is 2.23. The standard InChI is InChI=1S/C15H14ClN3O3/c1-10-13(16)6-3-7-14(10)18-15(20)9-17-11-4-2-5-12(8-11)19(21)22/h2-8,17H,9H2,1H3,(H,18,20). The number of non-ortho nitro benzene ring substituents is 1. The predicted octanol–water partition coefficient (Wildman–Crippen LogP) is 3.61. The van der Waals surface area contributed by atoms with E-state index in [1.807, 2.05) is 6.92 Å². The maximum Gasteiger partial charge on any atom is 0.271 e. The minimum Gasteiger partial charge on any atom is -0.376 e. The number of carbonyl (C=O) groups excluding carboxylic acids is 1. The van der Waals surface area contributed by atoms with Crippen LogP contribution >= 0.6 is 11.6 Å². The Labute approximate surface area is 132 Å². The van der Waals surface area contributed by atoms with Gasteiger partial charge in [-0.25, -0.2) is 0 Å². The van der Waals surface area contributed by atoms with Crippen molar-refractivity contribution in [3.05, 3.63) is 63.2 Å². The van der Waals surface area contributed by atoms with Crippen LogP contribution in [0.1, 0.15) is 5.56 Å². The third-order valence-electron chi connectivity index (χ3n) is 3.05. The number of amides is 1. The number of hydrogen-bond acceptors (Lipinski definition) is 4. The van der Waals surface area contributed by atoms with Crippen molar-refractivity contribution in [2.75, 3.05) is 17.2 Å².